The molecule has 0 saturated carbocycles. The first kappa shape index (κ1) is 24.9. The molecule has 1 fully saturated rings. The number of benzene rings is 3. The lowest BCUT2D eigenvalue weighted by atomic mass is 9.81. The minimum absolute atomic E-state index is 0.0219. The summed E-state index contributed by atoms with van der Waals surface area (Å²) < 4.78 is 76.0. The largest absolute Gasteiger partial charge is 0.573 e. The number of halogens is 3. The summed E-state index contributed by atoms with van der Waals surface area (Å²) in [6.07, 6.45) is -2.42. The van der Waals surface area contributed by atoms with Gasteiger partial charge in [0, 0.05) is 18.7 Å². The molecule has 1 aliphatic rings. The molecule has 0 spiro atoms. The van der Waals surface area contributed by atoms with Gasteiger partial charge in [-0.05, 0) is 54.2 Å². The van der Waals surface area contributed by atoms with Gasteiger partial charge in [0.05, 0.1) is 11.0 Å². The molecular weight excluding hydrogens is 479 g/mol. The van der Waals surface area contributed by atoms with E-state index in [0.717, 1.165) is 35.4 Å². The van der Waals surface area contributed by atoms with E-state index in [1.165, 1.54) is 6.21 Å². The van der Waals surface area contributed by atoms with Crippen LogP contribution < -0.4 is 4.74 Å². The molecule has 3 aromatic carbocycles. The number of ether oxygens (including phenoxy) is 2. The Labute approximate surface area is 202 Å². The summed E-state index contributed by atoms with van der Waals surface area (Å²) in [5.74, 6) is -0.654. The normalized spacial score (nSPS) is 19.2. The molecule has 4 rings (SSSR count). The molecule has 9 heteroatoms. The maximum absolute atomic E-state index is 12.6. The number of sulfonamides is 1. The summed E-state index contributed by atoms with van der Waals surface area (Å²) >= 11 is 0. The van der Waals surface area contributed by atoms with Gasteiger partial charge in [-0.25, -0.2) is 0 Å². The van der Waals surface area contributed by atoms with Crippen LogP contribution in [0.1, 0.15) is 29.9 Å². The summed E-state index contributed by atoms with van der Waals surface area (Å²) in [7, 11) is -4.07. The maximum Gasteiger partial charge on any atom is 0.573 e. The van der Waals surface area contributed by atoms with Crippen molar-refractivity contribution in [2.45, 2.75) is 36.1 Å². The Bertz CT molecular complexity index is 1190. The first-order chi connectivity index (χ1) is 16.7. The highest BCUT2D eigenvalue weighted by Crippen LogP contribution is 2.36. The predicted octanol–water partition coefficient (Wildman–Crippen LogP) is 5.97. The van der Waals surface area contributed by atoms with Crippen molar-refractivity contribution in [3.63, 3.8) is 0 Å². The second kappa shape index (κ2) is 10.6. The van der Waals surface area contributed by atoms with Crippen molar-refractivity contribution in [1.82, 2.24) is 0 Å². The van der Waals surface area contributed by atoms with Gasteiger partial charge in [-0.15, -0.1) is 13.2 Å². The van der Waals surface area contributed by atoms with Crippen molar-refractivity contribution in [1.29, 1.82) is 0 Å². The zero-order chi connectivity index (χ0) is 24.9. The molecule has 0 amide bonds. The Kier molecular flexibility index (Phi) is 7.57. The average molecular weight is 504 g/mol. The van der Waals surface area contributed by atoms with E-state index in [0.29, 0.717) is 19.4 Å². The average Bonchev–Trinajstić information content (AvgIpc) is 2.84. The highest BCUT2D eigenvalue weighted by Gasteiger charge is 2.32. The molecule has 5 nitrogen and oxygen atoms in total. The van der Waals surface area contributed by atoms with Crippen LogP contribution in [0, 0.1) is 5.92 Å². The van der Waals surface area contributed by atoms with Gasteiger partial charge < -0.3 is 9.47 Å². The Morgan fingerprint density at radius 2 is 1.49 bits per heavy atom. The molecule has 0 N–H and O–H groups in total. The topological polar surface area (TPSA) is 65.0 Å². The number of rotatable bonds is 7. The summed E-state index contributed by atoms with van der Waals surface area (Å²) in [6.45, 7) is 0.459. The maximum atomic E-state index is 12.6. The van der Waals surface area contributed by atoms with E-state index in [2.05, 4.69) is 33.4 Å². The third kappa shape index (κ3) is 6.70. The first-order valence-electron chi connectivity index (χ1n) is 11.1. The van der Waals surface area contributed by atoms with Crippen molar-refractivity contribution in [3.05, 3.63) is 96.1 Å². The fraction of sp³-hybridized carbons (Fsp3) is 0.269. The molecule has 184 valence electrons. The van der Waals surface area contributed by atoms with Gasteiger partial charge in [0.25, 0.3) is 10.0 Å². The van der Waals surface area contributed by atoms with Crippen molar-refractivity contribution >= 4 is 16.2 Å². The first-order valence-corrected chi connectivity index (χ1v) is 12.5. The minimum Gasteiger partial charge on any atom is -0.406 e. The molecule has 3 aromatic rings. The highest BCUT2D eigenvalue weighted by atomic mass is 32.2. The fourth-order valence-electron chi connectivity index (χ4n) is 4.21. The van der Waals surface area contributed by atoms with Crippen LogP contribution in [0.3, 0.4) is 0 Å². The van der Waals surface area contributed by atoms with Crippen LogP contribution in [-0.2, 0) is 14.8 Å². The Hall–Kier alpha value is -3.17. The van der Waals surface area contributed by atoms with Gasteiger partial charge in [-0.1, -0.05) is 60.7 Å². The van der Waals surface area contributed by atoms with Crippen LogP contribution in [0.2, 0.25) is 0 Å². The van der Waals surface area contributed by atoms with E-state index in [4.69, 9.17) is 4.74 Å². The molecule has 1 aliphatic heterocycles. The third-order valence-electron chi connectivity index (χ3n) is 5.81. The molecule has 0 aliphatic carbocycles. The lowest BCUT2D eigenvalue weighted by Crippen LogP contribution is -2.32. The lowest BCUT2D eigenvalue weighted by molar-refractivity contribution is -0.274. The lowest BCUT2D eigenvalue weighted by Gasteiger charge is -2.34. The molecule has 35 heavy (non-hydrogen) atoms. The van der Waals surface area contributed by atoms with E-state index in [-0.39, 0.29) is 22.8 Å². The molecule has 1 saturated heterocycles. The zero-order valence-corrected chi connectivity index (χ0v) is 19.5. The SMILES string of the molecule is O=S(=O)(/N=C/C1CCO[C@@H](C(c2ccccc2)c2ccccc2)C1)c1ccc(OC(F)(F)F)cc1. The smallest absolute Gasteiger partial charge is 0.406 e. The van der Waals surface area contributed by atoms with E-state index >= 15 is 0 Å². The summed E-state index contributed by atoms with van der Waals surface area (Å²) in [4.78, 5) is -0.210. The second-order valence-corrected chi connectivity index (χ2v) is 9.87. The Morgan fingerprint density at radius 3 is 2.03 bits per heavy atom. The summed E-state index contributed by atoms with van der Waals surface area (Å²) in [5.41, 5.74) is 2.21. The molecular formula is C26H24F3NO4S. The number of alkyl halides is 3. The second-order valence-electron chi connectivity index (χ2n) is 8.24. The van der Waals surface area contributed by atoms with Crippen LogP contribution in [0.25, 0.3) is 0 Å². The van der Waals surface area contributed by atoms with Gasteiger partial charge in [-0.2, -0.15) is 12.8 Å². The van der Waals surface area contributed by atoms with E-state index in [9.17, 15) is 21.6 Å². The Morgan fingerprint density at radius 1 is 0.914 bits per heavy atom. The van der Waals surface area contributed by atoms with Crippen LogP contribution >= 0.6 is 0 Å². The Balaban J connectivity index is 1.50. The number of nitrogens with zero attached hydrogens (tertiary/aromatic N) is 1. The van der Waals surface area contributed by atoms with Crippen LogP contribution in [-0.4, -0.2) is 33.7 Å². The summed E-state index contributed by atoms with van der Waals surface area (Å²) in [5, 5.41) is 0. The van der Waals surface area contributed by atoms with E-state index in [1.807, 2.05) is 36.4 Å². The van der Waals surface area contributed by atoms with Crippen molar-refractivity contribution < 1.29 is 31.1 Å². The highest BCUT2D eigenvalue weighted by molar-refractivity contribution is 7.90. The molecule has 0 aromatic heterocycles. The van der Waals surface area contributed by atoms with E-state index < -0.39 is 22.1 Å². The van der Waals surface area contributed by atoms with Crippen molar-refractivity contribution in [2.24, 2.45) is 10.3 Å². The third-order valence-corrected chi connectivity index (χ3v) is 7.08. The predicted molar refractivity (Wildman–Crippen MR) is 126 cm³/mol. The molecule has 1 unspecified atom stereocenters. The monoisotopic (exact) mass is 503 g/mol. The quantitative estimate of drug-likeness (QED) is 0.373. The van der Waals surface area contributed by atoms with Gasteiger partial charge >= 0.3 is 6.36 Å². The van der Waals surface area contributed by atoms with Gasteiger partial charge in [0.1, 0.15) is 5.75 Å². The minimum atomic E-state index is -4.85. The van der Waals surface area contributed by atoms with Gasteiger partial charge in [0.2, 0.25) is 0 Å². The van der Waals surface area contributed by atoms with Gasteiger partial charge in [-0.3, -0.25) is 0 Å². The van der Waals surface area contributed by atoms with Crippen molar-refractivity contribution in [2.75, 3.05) is 6.61 Å². The zero-order valence-electron chi connectivity index (χ0n) is 18.6. The molecule has 0 radical (unpaired) electrons. The fourth-order valence-corrected chi connectivity index (χ4v) is 5.14. The molecule has 1 heterocycles. The molecule has 2 atom stereocenters. The van der Waals surface area contributed by atoms with Crippen LogP contribution in [0.15, 0.2) is 94.2 Å². The standard InChI is InChI=1S/C26H24F3NO4S/c27-26(28,29)34-22-11-13-23(14-12-22)35(31,32)30-18-19-15-16-33-24(17-19)25(20-7-3-1-4-8-20)21-9-5-2-6-10-21/h1-14,18-19,24-25H,15-17H2/b30-18+/t19?,24-/m1/s1. The van der Waals surface area contributed by atoms with Crippen LogP contribution in [0.4, 0.5) is 13.2 Å². The van der Waals surface area contributed by atoms with Gasteiger partial charge in [0.15, 0.2) is 0 Å². The molecule has 0 bridgehead atoms. The van der Waals surface area contributed by atoms with Crippen molar-refractivity contribution in [3.8, 4) is 5.75 Å². The number of hydrogen-bond acceptors (Lipinski definition) is 4. The summed E-state index contributed by atoms with van der Waals surface area (Å²) in [6, 6.07) is 24.0. The van der Waals surface area contributed by atoms with Crippen LogP contribution in [0.5, 0.6) is 5.75 Å². The van der Waals surface area contributed by atoms with E-state index in [1.54, 1.807) is 0 Å². The number of hydrogen-bond donors (Lipinski definition) is 0.